The third kappa shape index (κ3) is 4.32. The summed E-state index contributed by atoms with van der Waals surface area (Å²) in [6.07, 6.45) is -0.561. The molecule has 0 bridgehead atoms. The number of anilines is 1. The number of carbonyl (C=O) groups excluding carboxylic acids is 3. The van der Waals surface area contributed by atoms with Gasteiger partial charge < -0.3 is 25.6 Å². The summed E-state index contributed by atoms with van der Waals surface area (Å²) in [6, 6.07) is 10.1. The highest BCUT2D eigenvalue weighted by atomic mass is 16.5. The van der Waals surface area contributed by atoms with E-state index in [-0.39, 0.29) is 18.4 Å². The monoisotopic (exact) mass is 360 g/mol. The molecule has 3 rings (SSSR count). The van der Waals surface area contributed by atoms with Crippen LogP contribution in [0.4, 0.5) is 5.69 Å². The maximum atomic E-state index is 12.3. The summed E-state index contributed by atoms with van der Waals surface area (Å²) in [6.45, 7) is 2.69. The number of para-hydroxylation sites is 1. The summed E-state index contributed by atoms with van der Waals surface area (Å²) in [4.78, 5) is 39.4. The first-order valence-electron chi connectivity index (χ1n) is 8.85. The van der Waals surface area contributed by atoms with Gasteiger partial charge in [0.15, 0.2) is 0 Å². The molecule has 0 saturated carbocycles. The van der Waals surface area contributed by atoms with Crippen molar-refractivity contribution in [2.45, 2.75) is 25.0 Å². The van der Waals surface area contributed by atoms with Crippen molar-refractivity contribution in [1.29, 1.82) is 0 Å². The topological polar surface area (TPSA) is 105 Å². The number of rotatable bonds is 5. The highest BCUT2D eigenvalue weighted by Crippen LogP contribution is 2.19. The van der Waals surface area contributed by atoms with Gasteiger partial charge in [0.2, 0.25) is 17.7 Å². The molecule has 140 valence electrons. The number of hydrogen-bond acceptors (Lipinski definition) is 5. The molecule has 26 heavy (non-hydrogen) atoms. The highest BCUT2D eigenvalue weighted by Gasteiger charge is 2.34. The van der Waals surface area contributed by atoms with Crippen LogP contribution in [0.25, 0.3) is 0 Å². The minimum Gasteiger partial charge on any atom is -0.368 e. The van der Waals surface area contributed by atoms with Crippen molar-refractivity contribution >= 4 is 23.4 Å². The van der Waals surface area contributed by atoms with Gasteiger partial charge >= 0.3 is 0 Å². The quantitative estimate of drug-likeness (QED) is 0.735. The molecular weight excluding hydrogens is 336 g/mol. The van der Waals surface area contributed by atoms with E-state index >= 15 is 0 Å². The fourth-order valence-electron chi connectivity index (χ4n) is 3.28. The van der Waals surface area contributed by atoms with Crippen LogP contribution < -0.4 is 16.0 Å². The number of nitrogens with one attached hydrogen (secondary N) is 1. The average molecular weight is 360 g/mol. The molecule has 0 aromatic heterocycles. The molecule has 8 nitrogen and oxygen atoms in total. The molecule has 2 aliphatic heterocycles. The Balaban J connectivity index is 1.41. The highest BCUT2D eigenvalue weighted by molar-refractivity contribution is 5.88. The fourth-order valence-corrected chi connectivity index (χ4v) is 3.28. The number of ether oxygens (including phenoxy) is 1. The van der Waals surface area contributed by atoms with Gasteiger partial charge in [-0.3, -0.25) is 14.4 Å². The van der Waals surface area contributed by atoms with E-state index in [0.29, 0.717) is 25.9 Å². The Morgan fingerprint density at radius 3 is 2.31 bits per heavy atom. The standard InChI is InChI=1S/C18H24N4O4/c19-17(24)14-6-7-15(26-14)18(25)20-12-16(23)22-10-8-21(9-11-22)13-4-2-1-3-5-13/h1-5,14-15H,6-12H2,(H2,19,24)(H,20,25). The molecule has 1 aromatic rings. The van der Waals surface area contributed by atoms with Crippen molar-refractivity contribution in [3.8, 4) is 0 Å². The molecule has 3 amide bonds. The maximum absolute atomic E-state index is 12.3. The van der Waals surface area contributed by atoms with Crippen LogP contribution in [0.2, 0.25) is 0 Å². The van der Waals surface area contributed by atoms with Gasteiger partial charge in [-0.15, -0.1) is 0 Å². The predicted octanol–water partition coefficient (Wildman–Crippen LogP) is -0.516. The van der Waals surface area contributed by atoms with Crippen molar-refractivity contribution in [2.75, 3.05) is 37.6 Å². The van der Waals surface area contributed by atoms with Gasteiger partial charge in [0.05, 0.1) is 6.54 Å². The maximum Gasteiger partial charge on any atom is 0.249 e. The number of amides is 3. The second kappa shape index (κ2) is 8.18. The van der Waals surface area contributed by atoms with Crippen LogP contribution in [0.15, 0.2) is 30.3 Å². The van der Waals surface area contributed by atoms with Crippen molar-refractivity contribution in [1.82, 2.24) is 10.2 Å². The zero-order chi connectivity index (χ0) is 18.5. The van der Waals surface area contributed by atoms with Crippen molar-refractivity contribution in [3.63, 3.8) is 0 Å². The van der Waals surface area contributed by atoms with Gasteiger partial charge in [0.25, 0.3) is 0 Å². The van der Waals surface area contributed by atoms with Gasteiger partial charge in [-0.05, 0) is 25.0 Å². The Morgan fingerprint density at radius 1 is 1.04 bits per heavy atom. The van der Waals surface area contributed by atoms with Crippen LogP contribution in [0.3, 0.4) is 0 Å². The Kier molecular flexibility index (Phi) is 5.72. The third-order valence-electron chi connectivity index (χ3n) is 4.80. The average Bonchev–Trinajstić information content (AvgIpc) is 3.17. The lowest BCUT2D eigenvalue weighted by Crippen LogP contribution is -2.52. The first-order valence-corrected chi connectivity index (χ1v) is 8.85. The van der Waals surface area contributed by atoms with E-state index in [1.165, 1.54) is 0 Å². The summed E-state index contributed by atoms with van der Waals surface area (Å²) in [5.74, 6) is -1.05. The number of hydrogen-bond donors (Lipinski definition) is 2. The lowest BCUT2D eigenvalue weighted by Gasteiger charge is -2.36. The minimum atomic E-state index is -0.715. The molecule has 0 aliphatic carbocycles. The van der Waals surface area contributed by atoms with Gasteiger partial charge in [0.1, 0.15) is 12.2 Å². The lowest BCUT2D eigenvalue weighted by molar-refractivity contribution is -0.140. The molecule has 2 atom stereocenters. The normalized spacial score (nSPS) is 22.9. The van der Waals surface area contributed by atoms with Crippen molar-refractivity contribution in [2.24, 2.45) is 5.73 Å². The molecule has 2 aliphatic rings. The Bertz CT molecular complexity index is 658. The second-order valence-electron chi connectivity index (χ2n) is 6.51. The Hall–Kier alpha value is -2.61. The first-order chi connectivity index (χ1) is 12.5. The van der Waals surface area contributed by atoms with E-state index in [1.54, 1.807) is 4.90 Å². The van der Waals surface area contributed by atoms with E-state index in [2.05, 4.69) is 22.3 Å². The van der Waals surface area contributed by atoms with E-state index in [4.69, 9.17) is 10.5 Å². The molecule has 1 aromatic carbocycles. The number of piperazine rings is 1. The number of nitrogens with two attached hydrogens (primary N) is 1. The molecular formula is C18H24N4O4. The molecule has 2 unspecified atom stereocenters. The van der Waals surface area contributed by atoms with Crippen LogP contribution >= 0.6 is 0 Å². The van der Waals surface area contributed by atoms with Crippen molar-refractivity contribution in [3.05, 3.63) is 30.3 Å². The number of nitrogens with zero attached hydrogens (tertiary/aromatic N) is 2. The molecule has 3 N–H and O–H groups in total. The SMILES string of the molecule is NC(=O)C1CCC(C(=O)NCC(=O)N2CCN(c3ccccc3)CC2)O1. The largest absolute Gasteiger partial charge is 0.368 e. The minimum absolute atomic E-state index is 0.0642. The molecule has 2 fully saturated rings. The number of benzene rings is 1. The van der Waals surface area contributed by atoms with E-state index < -0.39 is 18.1 Å². The molecule has 2 saturated heterocycles. The van der Waals surface area contributed by atoms with Crippen LogP contribution in [-0.2, 0) is 19.1 Å². The van der Waals surface area contributed by atoms with Crippen molar-refractivity contribution < 1.29 is 19.1 Å². The number of carbonyl (C=O) groups is 3. The fraction of sp³-hybridized carbons (Fsp3) is 0.500. The summed E-state index contributed by atoms with van der Waals surface area (Å²) in [7, 11) is 0. The smallest absolute Gasteiger partial charge is 0.249 e. The van der Waals surface area contributed by atoms with Gasteiger partial charge in [-0.1, -0.05) is 18.2 Å². The predicted molar refractivity (Wildman–Crippen MR) is 95.3 cm³/mol. The van der Waals surface area contributed by atoms with Crippen LogP contribution in [0, 0.1) is 0 Å². The Morgan fingerprint density at radius 2 is 1.69 bits per heavy atom. The van der Waals surface area contributed by atoms with E-state index in [0.717, 1.165) is 18.8 Å². The first kappa shape index (κ1) is 18.2. The zero-order valence-electron chi connectivity index (χ0n) is 14.6. The summed E-state index contributed by atoms with van der Waals surface area (Å²) in [5.41, 5.74) is 6.32. The van der Waals surface area contributed by atoms with Gasteiger partial charge in [-0.2, -0.15) is 0 Å². The third-order valence-corrected chi connectivity index (χ3v) is 4.80. The molecule has 8 heteroatoms. The van der Waals surface area contributed by atoms with E-state index in [9.17, 15) is 14.4 Å². The van der Waals surface area contributed by atoms with E-state index in [1.807, 2.05) is 18.2 Å². The number of primary amides is 1. The van der Waals surface area contributed by atoms with Gasteiger partial charge in [0, 0.05) is 31.9 Å². The Labute approximate surface area is 152 Å². The summed E-state index contributed by atoms with van der Waals surface area (Å²) < 4.78 is 5.31. The second-order valence-corrected chi connectivity index (χ2v) is 6.51. The molecule has 0 radical (unpaired) electrons. The lowest BCUT2D eigenvalue weighted by atomic mass is 10.2. The van der Waals surface area contributed by atoms with Crippen LogP contribution in [0.1, 0.15) is 12.8 Å². The zero-order valence-corrected chi connectivity index (χ0v) is 14.6. The summed E-state index contributed by atoms with van der Waals surface area (Å²) in [5, 5.41) is 2.60. The van der Waals surface area contributed by atoms with Crippen LogP contribution in [0.5, 0.6) is 0 Å². The molecule has 0 spiro atoms. The van der Waals surface area contributed by atoms with Gasteiger partial charge in [-0.25, -0.2) is 0 Å². The van der Waals surface area contributed by atoms with Crippen LogP contribution in [-0.4, -0.2) is 67.6 Å². The summed E-state index contributed by atoms with van der Waals surface area (Å²) >= 11 is 0. The molecule has 2 heterocycles.